The van der Waals surface area contributed by atoms with E-state index in [4.69, 9.17) is 0 Å². The van der Waals surface area contributed by atoms with Crippen LogP contribution < -0.4 is 10.9 Å². The molecule has 5 nitrogen and oxygen atoms in total. The van der Waals surface area contributed by atoms with Crippen LogP contribution in [0.1, 0.15) is 24.3 Å². The van der Waals surface area contributed by atoms with Gasteiger partial charge in [0.1, 0.15) is 0 Å². The van der Waals surface area contributed by atoms with E-state index in [9.17, 15) is 9.90 Å². The van der Waals surface area contributed by atoms with E-state index >= 15 is 0 Å². The second-order valence-electron chi connectivity index (χ2n) is 3.49. The van der Waals surface area contributed by atoms with Crippen molar-refractivity contribution >= 4 is 0 Å². The van der Waals surface area contributed by atoms with Crippen molar-refractivity contribution in [3.05, 3.63) is 22.2 Å². The van der Waals surface area contributed by atoms with Crippen LogP contribution >= 0.6 is 0 Å². The second-order valence-corrected chi connectivity index (χ2v) is 3.49. The van der Waals surface area contributed by atoms with Crippen LogP contribution in [0.15, 0.2) is 11.1 Å². The van der Waals surface area contributed by atoms with Gasteiger partial charge in [-0.1, -0.05) is 0 Å². The van der Waals surface area contributed by atoms with Crippen LogP contribution in [-0.4, -0.2) is 28.2 Å². The molecule has 0 saturated carbocycles. The highest BCUT2D eigenvalue weighted by atomic mass is 16.3. The first-order valence-electron chi connectivity index (χ1n) is 4.76. The summed E-state index contributed by atoms with van der Waals surface area (Å²) < 4.78 is 0. The fourth-order valence-electron chi connectivity index (χ4n) is 1.88. The van der Waals surface area contributed by atoms with Gasteiger partial charge < -0.3 is 15.4 Å². The molecule has 1 aliphatic heterocycles. The second kappa shape index (κ2) is 3.79. The van der Waals surface area contributed by atoms with Gasteiger partial charge >= 0.3 is 0 Å². The lowest BCUT2D eigenvalue weighted by atomic mass is 9.92. The maximum absolute atomic E-state index is 11.5. The average molecular weight is 195 g/mol. The topological polar surface area (TPSA) is 78.0 Å². The van der Waals surface area contributed by atoms with E-state index in [0.29, 0.717) is 5.56 Å². The number of rotatable bonds is 1. The first kappa shape index (κ1) is 9.21. The smallest absolute Gasteiger partial charge is 0.258 e. The summed E-state index contributed by atoms with van der Waals surface area (Å²) in [6.07, 6.45) is 2.98. The molecule has 0 amide bonds. The third kappa shape index (κ3) is 1.63. The van der Waals surface area contributed by atoms with E-state index in [1.165, 1.54) is 6.33 Å². The number of hydrogen-bond acceptors (Lipinski definition) is 4. The molecule has 1 fully saturated rings. The zero-order valence-electron chi connectivity index (χ0n) is 7.79. The maximum Gasteiger partial charge on any atom is 0.258 e. The highest BCUT2D eigenvalue weighted by molar-refractivity contribution is 5.25. The van der Waals surface area contributed by atoms with Gasteiger partial charge in [-0.25, -0.2) is 4.98 Å². The summed E-state index contributed by atoms with van der Waals surface area (Å²) in [5.74, 6) is 0.00866. The van der Waals surface area contributed by atoms with Gasteiger partial charge in [0.05, 0.1) is 11.9 Å². The molecular weight excluding hydrogens is 182 g/mol. The Morgan fingerprint density at radius 3 is 2.79 bits per heavy atom. The zero-order valence-corrected chi connectivity index (χ0v) is 7.79. The fourth-order valence-corrected chi connectivity index (χ4v) is 1.88. The predicted molar refractivity (Wildman–Crippen MR) is 51.4 cm³/mol. The molecule has 3 N–H and O–H groups in total. The summed E-state index contributed by atoms with van der Waals surface area (Å²) in [5.41, 5.74) is 0.221. The Bertz CT molecular complexity index is 369. The minimum atomic E-state index is -0.218. The molecule has 0 aromatic carbocycles. The predicted octanol–water partition coefficient (Wildman–Crippen LogP) is -0.0575. The van der Waals surface area contributed by atoms with Gasteiger partial charge in [-0.05, 0) is 31.8 Å². The molecule has 5 heteroatoms. The van der Waals surface area contributed by atoms with Crippen LogP contribution in [0.2, 0.25) is 0 Å². The SMILES string of the molecule is O=c1[nH]cnc(O)c1C1CCNCC1. The van der Waals surface area contributed by atoms with Crippen LogP contribution in [0, 0.1) is 0 Å². The van der Waals surface area contributed by atoms with Crippen LogP contribution in [0.4, 0.5) is 0 Å². The molecule has 76 valence electrons. The summed E-state index contributed by atoms with van der Waals surface area (Å²) in [4.78, 5) is 17.6. The molecule has 1 aliphatic rings. The van der Waals surface area contributed by atoms with Crippen LogP contribution in [0.5, 0.6) is 5.88 Å². The average Bonchev–Trinajstić information content (AvgIpc) is 2.19. The standard InChI is InChI=1S/C9H13N3O2/c13-8-7(9(14)12-5-11-8)6-1-3-10-4-2-6/h5-6,10H,1-4H2,(H2,11,12,13,14). The van der Waals surface area contributed by atoms with E-state index in [0.717, 1.165) is 25.9 Å². The minimum absolute atomic E-state index is 0.124. The Morgan fingerprint density at radius 2 is 2.14 bits per heavy atom. The summed E-state index contributed by atoms with van der Waals surface area (Å²) in [7, 11) is 0. The van der Waals surface area contributed by atoms with Gasteiger partial charge in [0.25, 0.3) is 5.56 Å². The molecule has 2 heterocycles. The van der Waals surface area contributed by atoms with E-state index in [1.54, 1.807) is 0 Å². The summed E-state index contributed by atoms with van der Waals surface area (Å²) >= 11 is 0. The number of aromatic hydroxyl groups is 1. The Balaban J connectivity index is 2.34. The maximum atomic E-state index is 11.5. The van der Waals surface area contributed by atoms with Crippen molar-refractivity contribution in [2.24, 2.45) is 0 Å². The van der Waals surface area contributed by atoms with Crippen molar-refractivity contribution in [1.82, 2.24) is 15.3 Å². The number of nitrogens with one attached hydrogen (secondary N) is 2. The molecule has 2 rings (SSSR count). The van der Waals surface area contributed by atoms with Gasteiger partial charge in [0.15, 0.2) is 0 Å². The molecule has 1 aromatic heterocycles. The third-order valence-corrected chi connectivity index (χ3v) is 2.62. The highest BCUT2D eigenvalue weighted by Gasteiger charge is 2.21. The lowest BCUT2D eigenvalue weighted by Crippen LogP contribution is -2.29. The first-order chi connectivity index (χ1) is 6.79. The van der Waals surface area contributed by atoms with Crippen molar-refractivity contribution in [2.45, 2.75) is 18.8 Å². The Labute approximate surface area is 81.2 Å². The van der Waals surface area contributed by atoms with E-state index < -0.39 is 0 Å². The summed E-state index contributed by atoms with van der Waals surface area (Å²) in [5, 5.41) is 12.7. The number of aromatic nitrogens is 2. The van der Waals surface area contributed by atoms with Crippen LogP contribution in [0.3, 0.4) is 0 Å². The van der Waals surface area contributed by atoms with Crippen molar-refractivity contribution < 1.29 is 5.11 Å². The number of nitrogens with zero attached hydrogens (tertiary/aromatic N) is 1. The molecule has 0 bridgehead atoms. The third-order valence-electron chi connectivity index (χ3n) is 2.62. The molecule has 1 saturated heterocycles. The lowest BCUT2D eigenvalue weighted by Gasteiger charge is -2.21. The van der Waals surface area contributed by atoms with Gasteiger partial charge in [-0.3, -0.25) is 4.79 Å². The van der Waals surface area contributed by atoms with E-state index in [-0.39, 0.29) is 17.4 Å². The number of hydrogen-bond donors (Lipinski definition) is 3. The van der Waals surface area contributed by atoms with Crippen molar-refractivity contribution in [1.29, 1.82) is 0 Å². The van der Waals surface area contributed by atoms with Crippen molar-refractivity contribution in [3.63, 3.8) is 0 Å². The molecule has 0 aliphatic carbocycles. The molecule has 0 radical (unpaired) electrons. The van der Waals surface area contributed by atoms with Gasteiger partial charge in [0.2, 0.25) is 5.88 Å². The minimum Gasteiger partial charge on any atom is -0.493 e. The van der Waals surface area contributed by atoms with Gasteiger partial charge in [-0.2, -0.15) is 0 Å². The van der Waals surface area contributed by atoms with Crippen LogP contribution in [0.25, 0.3) is 0 Å². The van der Waals surface area contributed by atoms with E-state index in [2.05, 4.69) is 15.3 Å². The normalized spacial score (nSPS) is 18.3. The quantitative estimate of drug-likeness (QED) is 0.586. The molecule has 14 heavy (non-hydrogen) atoms. The van der Waals surface area contributed by atoms with E-state index in [1.807, 2.05) is 0 Å². The van der Waals surface area contributed by atoms with Gasteiger partial charge in [-0.15, -0.1) is 0 Å². The van der Waals surface area contributed by atoms with Crippen LogP contribution in [-0.2, 0) is 0 Å². The Morgan fingerprint density at radius 1 is 1.43 bits per heavy atom. The number of H-pyrrole nitrogens is 1. The summed E-state index contributed by atoms with van der Waals surface area (Å²) in [6.45, 7) is 1.77. The van der Waals surface area contributed by atoms with Crippen molar-refractivity contribution in [2.75, 3.05) is 13.1 Å². The summed E-state index contributed by atoms with van der Waals surface area (Å²) in [6, 6.07) is 0. The zero-order chi connectivity index (χ0) is 9.97. The lowest BCUT2D eigenvalue weighted by molar-refractivity contribution is 0.407. The Kier molecular flexibility index (Phi) is 2.49. The van der Waals surface area contributed by atoms with Gasteiger partial charge in [0, 0.05) is 0 Å². The molecular formula is C9H13N3O2. The fraction of sp³-hybridized carbons (Fsp3) is 0.556. The molecule has 0 atom stereocenters. The largest absolute Gasteiger partial charge is 0.493 e. The number of aromatic amines is 1. The highest BCUT2D eigenvalue weighted by Crippen LogP contribution is 2.26. The Hall–Kier alpha value is -1.36. The monoisotopic (exact) mass is 195 g/mol. The molecule has 0 spiro atoms. The first-order valence-corrected chi connectivity index (χ1v) is 4.76. The van der Waals surface area contributed by atoms with Crippen molar-refractivity contribution in [3.8, 4) is 5.88 Å². The number of piperidine rings is 1. The molecule has 1 aromatic rings. The molecule has 0 unspecified atom stereocenters.